The maximum absolute atomic E-state index is 12.8. The molecular formula is C31H29N3O4. The lowest BCUT2D eigenvalue weighted by molar-refractivity contribution is -0.140. The predicted molar refractivity (Wildman–Crippen MR) is 144 cm³/mol. The number of aromatic nitrogens is 1. The third kappa shape index (κ3) is 5.53. The molecule has 1 atom stereocenters. The van der Waals surface area contributed by atoms with Gasteiger partial charge in [0.2, 0.25) is 5.91 Å². The molecule has 0 aliphatic carbocycles. The van der Waals surface area contributed by atoms with Crippen molar-refractivity contribution in [1.29, 1.82) is 0 Å². The number of nitrogens with two attached hydrogens (primary N) is 1. The van der Waals surface area contributed by atoms with Crippen LogP contribution in [0.15, 0.2) is 109 Å². The molecule has 192 valence electrons. The second kappa shape index (κ2) is 12.1. The molecule has 1 amide bonds. The number of nitrogens with zero attached hydrogens (tertiary/aromatic N) is 1. The number of carbonyl (C=O) groups is 3. The Balaban J connectivity index is 1.73. The first-order chi connectivity index (χ1) is 18.5. The number of ether oxygens (including phenoxy) is 1. The summed E-state index contributed by atoms with van der Waals surface area (Å²) in [6, 6.07) is 32.9. The molecule has 0 bridgehead atoms. The van der Waals surface area contributed by atoms with Crippen LogP contribution in [-0.4, -0.2) is 35.9 Å². The van der Waals surface area contributed by atoms with E-state index >= 15 is 0 Å². The van der Waals surface area contributed by atoms with E-state index in [1.165, 1.54) is 0 Å². The van der Waals surface area contributed by atoms with Crippen molar-refractivity contribution in [2.45, 2.75) is 24.3 Å². The van der Waals surface area contributed by atoms with Crippen molar-refractivity contribution in [2.24, 2.45) is 5.73 Å². The Kier molecular flexibility index (Phi) is 8.40. The van der Waals surface area contributed by atoms with Gasteiger partial charge in [0.25, 0.3) is 0 Å². The minimum atomic E-state index is -0.870. The second-order valence-electron chi connectivity index (χ2n) is 8.83. The zero-order valence-electron chi connectivity index (χ0n) is 21.0. The number of pyridine rings is 1. The third-order valence-electron chi connectivity index (χ3n) is 6.53. The molecule has 38 heavy (non-hydrogen) atoms. The quantitative estimate of drug-likeness (QED) is 0.191. The van der Waals surface area contributed by atoms with Gasteiger partial charge in [-0.1, -0.05) is 97.1 Å². The monoisotopic (exact) mass is 507 g/mol. The highest BCUT2D eigenvalue weighted by Crippen LogP contribution is 2.44. The standard InChI is InChI=1S/C31H29N3O4/c1-33-26(19-20-28(32)35)29(36)38-30(37)27-18-17-25(21-34-27)31(22-11-5-2-6-12-22,23-13-7-3-8-14-23)24-15-9-4-10-16-24/h2-18,21,26,33H,19-20H2,1H3,(H2,32,35)/t26-/m0/s1. The smallest absolute Gasteiger partial charge is 0.364 e. The topological polar surface area (TPSA) is 111 Å². The van der Waals surface area contributed by atoms with E-state index in [9.17, 15) is 14.4 Å². The van der Waals surface area contributed by atoms with E-state index in [1.54, 1.807) is 19.3 Å². The molecule has 0 saturated heterocycles. The van der Waals surface area contributed by atoms with Gasteiger partial charge in [-0.3, -0.25) is 4.79 Å². The van der Waals surface area contributed by atoms with Crippen molar-refractivity contribution in [2.75, 3.05) is 7.05 Å². The summed E-state index contributed by atoms with van der Waals surface area (Å²) in [5, 5.41) is 2.74. The molecule has 4 aromatic rings. The van der Waals surface area contributed by atoms with Crippen molar-refractivity contribution in [3.8, 4) is 0 Å². The molecule has 0 spiro atoms. The van der Waals surface area contributed by atoms with E-state index in [-0.39, 0.29) is 18.5 Å². The fourth-order valence-electron chi connectivity index (χ4n) is 4.68. The number of hydrogen-bond donors (Lipinski definition) is 2. The maximum Gasteiger partial charge on any atom is 0.364 e. The Morgan fingerprint density at radius 2 is 1.29 bits per heavy atom. The molecule has 4 rings (SSSR count). The molecule has 3 N–H and O–H groups in total. The van der Waals surface area contributed by atoms with Gasteiger partial charge in [-0.15, -0.1) is 0 Å². The van der Waals surface area contributed by atoms with Crippen molar-refractivity contribution < 1.29 is 19.1 Å². The molecule has 3 aromatic carbocycles. The zero-order chi connectivity index (χ0) is 27.0. The average Bonchev–Trinajstić information content (AvgIpc) is 2.96. The van der Waals surface area contributed by atoms with Crippen LogP contribution in [0.4, 0.5) is 0 Å². The lowest BCUT2D eigenvalue weighted by Crippen LogP contribution is -2.37. The fraction of sp³-hybridized carbons (Fsp3) is 0.161. The largest absolute Gasteiger partial charge is 0.387 e. The number of esters is 2. The van der Waals surface area contributed by atoms with E-state index in [2.05, 4.69) is 46.7 Å². The van der Waals surface area contributed by atoms with Crippen LogP contribution >= 0.6 is 0 Å². The molecule has 0 unspecified atom stereocenters. The normalized spacial score (nSPS) is 11.9. The summed E-state index contributed by atoms with van der Waals surface area (Å²) in [6.07, 6.45) is 1.76. The van der Waals surface area contributed by atoms with Gasteiger partial charge in [-0.25, -0.2) is 14.6 Å². The number of benzene rings is 3. The maximum atomic E-state index is 12.8. The second-order valence-corrected chi connectivity index (χ2v) is 8.83. The Morgan fingerprint density at radius 3 is 1.68 bits per heavy atom. The molecule has 1 heterocycles. The number of carbonyl (C=O) groups excluding carboxylic acids is 3. The van der Waals surface area contributed by atoms with Gasteiger partial charge in [-0.2, -0.15) is 0 Å². The van der Waals surface area contributed by atoms with Crippen LogP contribution in [0.1, 0.15) is 45.6 Å². The number of hydrogen-bond acceptors (Lipinski definition) is 6. The summed E-state index contributed by atoms with van der Waals surface area (Å²) in [6.45, 7) is 0. The first-order valence-electron chi connectivity index (χ1n) is 12.3. The van der Waals surface area contributed by atoms with Crippen LogP contribution < -0.4 is 11.1 Å². The van der Waals surface area contributed by atoms with Gasteiger partial charge in [0.15, 0.2) is 0 Å². The Bertz CT molecular complexity index is 1280. The van der Waals surface area contributed by atoms with Crippen LogP contribution in [0, 0.1) is 0 Å². The van der Waals surface area contributed by atoms with E-state index in [0.717, 1.165) is 22.3 Å². The summed E-state index contributed by atoms with van der Waals surface area (Å²) in [7, 11) is 1.54. The molecule has 7 nitrogen and oxygen atoms in total. The summed E-state index contributed by atoms with van der Waals surface area (Å²) < 4.78 is 5.05. The molecule has 0 saturated carbocycles. The Hall–Kier alpha value is -4.62. The van der Waals surface area contributed by atoms with Crippen molar-refractivity contribution >= 4 is 17.8 Å². The number of likely N-dealkylation sites (N-methyl/N-ethyl adjacent to an activating group) is 1. The predicted octanol–water partition coefficient (Wildman–Crippen LogP) is 4.00. The van der Waals surface area contributed by atoms with Crippen molar-refractivity contribution in [3.63, 3.8) is 0 Å². The summed E-state index contributed by atoms with van der Waals surface area (Å²) >= 11 is 0. The minimum Gasteiger partial charge on any atom is -0.387 e. The van der Waals surface area contributed by atoms with Gasteiger partial charge < -0.3 is 15.8 Å². The van der Waals surface area contributed by atoms with Gasteiger partial charge in [0.05, 0.1) is 5.41 Å². The number of amides is 1. The minimum absolute atomic E-state index is 0.00469. The first kappa shape index (κ1) is 26.4. The first-order valence-corrected chi connectivity index (χ1v) is 12.3. The van der Waals surface area contributed by atoms with Crippen molar-refractivity contribution in [1.82, 2.24) is 10.3 Å². The number of primary amides is 1. The average molecular weight is 508 g/mol. The molecule has 7 heteroatoms. The van der Waals surface area contributed by atoms with Crippen LogP contribution in [0.5, 0.6) is 0 Å². The fourth-order valence-corrected chi connectivity index (χ4v) is 4.68. The summed E-state index contributed by atoms with van der Waals surface area (Å²) in [5.74, 6) is -2.21. The van der Waals surface area contributed by atoms with E-state index < -0.39 is 29.3 Å². The number of nitrogens with one attached hydrogen (secondary N) is 1. The van der Waals surface area contributed by atoms with Crippen LogP contribution in [0.25, 0.3) is 0 Å². The summed E-state index contributed by atoms with van der Waals surface area (Å²) in [4.78, 5) is 40.7. The van der Waals surface area contributed by atoms with Crippen LogP contribution in [0.2, 0.25) is 0 Å². The van der Waals surface area contributed by atoms with Crippen molar-refractivity contribution in [3.05, 3.63) is 137 Å². The zero-order valence-corrected chi connectivity index (χ0v) is 21.0. The van der Waals surface area contributed by atoms with E-state index in [1.807, 2.05) is 60.7 Å². The Morgan fingerprint density at radius 1 is 0.789 bits per heavy atom. The number of rotatable bonds is 10. The van der Waals surface area contributed by atoms with Crippen LogP contribution in [-0.2, 0) is 19.7 Å². The SMILES string of the molecule is CN[C@@H](CCC(N)=O)C(=O)OC(=O)c1ccc(C(c2ccccc2)(c2ccccc2)c2ccccc2)cn1. The van der Waals surface area contributed by atoms with Gasteiger partial charge in [0, 0.05) is 12.6 Å². The van der Waals surface area contributed by atoms with Gasteiger partial charge in [-0.05, 0) is 41.8 Å². The highest BCUT2D eigenvalue weighted by molar-refractivity contribution is 5.97. The molecule has 0 fully saturated rings. The molecule has 0 aliphatic rings. The molecular weight excluding hydrogens is 478 g/mol. The van der Waals surface area contributed by atoms with Gasteiger partial charge >= 0.3 is 11.9 Å². The third-order valence-corrected chi connectivity index (χ3v) is 6.53. The van der Waals surface area contributed by atoms with E-state index in [4.69, 9.17) is 10.5 Å². The lowest BCUT2D eigenvalue weighted by Gasteiger charge is -2.36. The molecule has 0 radical (unpaired) electrons. The highest BCUT2D eigenvalue weighted by atomic mass is 16.6. The van der Waals surface area contributed by atoms with Crippen LogP contribution in [0.3, 0.4) is 0 Å². The highest BCUT2D eigenvalue weighted by Gasteiger charge is 2.38. The van der Waals surface area contributed by atoms with E-state index in [0.29, 0.717) is 0 Å². The lowest BCUT2D eigenvalue weighted by atomic mass is 9.65. The Labute approximate surface area is 221 Å². The molecule has 1 aromatic heterocycles. The summed E-state index contributed by atoms with van der Waals surface area (Å²) in [5.41, 5.74) is 8.42. The van der Waals surface area contributed by atoms with Gasteiger partial charge in [0.1, 0.15) is 11.7 Å². The molecule has 0 aliphatic heterocycles.